The second-order valence-electron chi connectivity index (χ2n) is 6.82. The number of ether oxygens (including phenoxy) is 1. The second-order valence-corrected chi connectivity index (χ2v) is 6.82. The van der Waals surface area contributed by atoms with Crippen molar-refractivity contribution in [3.63, 3.8) is 0 Å². The first-order valence-electron chi connectivity index (χ1n) is 9.03. The van der Waals surface area contributed by atoms with Crippen LogP contribution in [-0.4, -0.2) is 24.6 Å². The summed E-state index contributed by atoms with van der Waals surface area (Å²) in [5.41, 5.74) is 6.81. The second kappa shape index (κ2) is 7.92. The molecule has 0 aliphatic heterocycles. The lowest BCUT2D eigenvalue weighted by molar-refractivity contribution is 0.112. The van der Waals surface area contributed by atoms with Gasteiger partial charge in [-0.15, -0.1) is 0 Å². The molecule has 0 bridgehead atoms. The Labute approximate surface area is 158 Å². The molecule has 1 N–H and O–H groups in total. The van der Waals surface area contributed by atoms with Gasteiger partial charge in [-0.1, -0.05) is 6.07 Å². The van der Waals surface area contributed by atoms with Crippen LogP contribution in [0.15, 0.2) is 30.3 Å². The molecule has 0 fully saturated rings. The predicted molar refractivity (Wildman–Crippen MR) is 107 cm³/mol. The summed E-state index contributed by atoms with van der Waals surface area (Å²) < 4.78 is 20.8. The van der Waals surface area contributed by atoms with Crippen molar-refractivity contribution in [2.75, 3.05) is 19.0 Å². The third kappa shape index (κ3) is 3.60. The molecule has 0 saturated carbocycles. The van der Waals surface area contributed by atoms with E-state index in [1.54, 1.807) is 13.2 Å². The average molecular weight is 368 g/mol. The van der Waals surface area contributed by atoms with Gasteiger partial charge in [0.05, 0.1) is 17.8 Å². The van der Waals surface area contributed by atoms with E-state index in [1.807, 2.05) is 26.0 Å². The molecule has 0 aliphatic carbocycles. The molecule has 0 saturated heterocycles. The number of benzene rings is 2. The summed E-state index contributed by atoms with van der Waals surface area (Å²) in [5.74, 6) is -0.228. The average Bonchev–Trinajstić information content (AvgIpc) is 2.91. The normalized spacial score (nSPS) is 11.1. The molecule has 0 spiro atoms. The lowest BCUT2D eigenvalue weighted by Crippen LogP contribution is -2.08. The number of fused-ring (bicyclic) bond motifs is 1. The van der Waals surface area contributed by atoms with Crippen LogP contribution in [0, 0.1) is 26.6 Å². The van der Waals surface area contributed by atoms with E-state index in [2.05, 4.69) is 16.8 Å². The molecule has 1 aromatic heterocycles. The Hall–Kier alpha value is -2.66. The van der Waals surface area contributed by atoms with Crippen LogP contribution in [0.25, 0.3) is 10.9 Å². The number of nitrogens with zero attached hydrogens (tertiary/aromatic N) is 1. The molecule has 1 heterocycles. The summed E-state index contributed by atoms with van der Waals surface area (Å²) in [6, 6.07) is 8.60. The predicted octanol–water partition coefficient (Wildman–Crippen LogP) is 4.78. The molecule has 4 nitrogen and oxygen atoms in total. The summed E-state index contributed by atoms with van der Waals surface area (Å²) in [7, 11) is 1.68. The number of hydrogen-bond acceptors (Lipinski definition) is 3. The number of aryl methyl sites for hydroxylation is 2. The standard InChI is InChI=1S/C22H25FN2O2/c1-14-11-19(23)7-5-17(14)12-24-20-8-6-18(13-26)21-15(2)16(3)25(22(20)21)9-10-27-4/h5-8,11,13,24H,9-10,12H2,1-4H3. The Kier molecular flexibility index (Phi) is 5.61. The number of carbonyl (C=O) groups excluding carboxylic acids is 1. The van der Waals surface area contributed by atoms with Gasteiger partial charge in [-0.3, -0.25) is 4.79 Å². The number of rotatable bonds is 7. The molecule has 5 heteroatoms. The minimum Gasteiger partial charge on any atom is -0.383 e. The molecule has 0 radical (unpaired) electrons. The number of halogens is 1. The van der Waals surface area contributed by atoms with Crippen LogP contribution in [-0.2, 0) is 17.8 Å². The van der Waals surface area contributed by atoms with Crippen molar-refractivity contribution in [1.82, 2.24) is 4.57 Å². The lowest BCUT2D eigenvalue weighted by Gasteiger charge is -2.14. The van der Waals surface area contributed by atoms with E-state index in [4.69, 9.17) is 4.74 Å². The Bertz CT molecular complexity index is 992. The third-order valence-corrected chi connectivity index (χ3v) is 5.22. The highest BCUT2D eigenvalue weighted by molar-refractivity contribution is 6.05. The van der Waals surface area contributed by atoms with Crippen molar-refractivity contribution < 1.29 is 13.9 Å². The molecule has 0 amide bonds. The van der Waals surface area contributed by atoms with Gasteiger partial charge in [0.2, 0.25) is 0 Å². The molecule has 3 rings (SSSR count). The summed E-state index contributed by atoms with van der Waals surface area (Å²) in [5, 5.41) is 4.44. The Morgan fingerprint density at radius 2 is 1.96 bits per heavy atom. The Morgan fingerprint density at radius 3 is 2.63 bits per heavy atom. The van der Waals surface area contributed by atoms with E-state index in [0.717, 1.165) is 45.3 Å². The zero-order chi connectivity index (χ0) is 19.6. The van der Waals surface area contributed by atoms with Crippen molar-refractivity contribution in [2.24, 2.45) is 0 Å². The van der Waals surface area contributed by atoms with Crippen LogP contribution in [0.1, 0.15) is 32.7 Å². The first-order chi connectivity index (χ1) is 13.0. The molecule has 142 valence electrons. The van der Waals surface area contributed by atoms with E-state index in [9.17, 15) is 9.18 Å². The van der Waals surface area contributed by atoms with Crippen LogP contribution in [0.4, 0.5) is 10.1 Å². The van der Waals surface area contributed by atoms with Crippen LogP contribution in [0.5, 0.6) is 0 Å². The summed E-state index contributed by atoms with van der Waals surface area (Å²) >= 11 is 0. The smallest absolute Gasteiger partial charge is 0.150 e. The zero-order valence-corrected chi connectivity index (χ0v) is 16.2. The topological polar surface area (TPSA) is 43.3 Å². The number of aromatic nitrogens is 1. The minimum absolute atomic E-state index is 0.228. The molecule has 0 atom stereocenters. The van der Waals surface area contributed by atoms with Gasteiger partial charge >= 0.3 is 0 Å². The fraction of sp³-hybridized carbons (Fsp3) is 0.318. The van der Waals surface area contributed by atoms with Gasteiger partial charge in [0.15, 0.2) is 6.29 Å². The monoisotopic (exact) mass is 368 g/mol. The number of anilines is 1. The molecule has 3 aromatic rings. The highest BCUT2D eigenvalue weighted by Crippen LogP contribution is 2.33. The van der Waals surface area contributed by atoms with E-state index in [-0.39, 0.29) is 5.82 Å². The maximum absolute atomic E-state index is 13.4. The van der Waals surface area contributed by atoms with Crippen molar-refractivity contribution in [2.45, 2.75) is 33.9 Å². The van der Waals surface area contributed by atoms with Gasteiger partial charge in [0.25, 0.3) is 0 Å². The fourth-order valence-electron chi connectivity index (χ4n) is 3.58. The lowest BCUT2D eigenvalue weighted by atomic mass is 10.0. The third-order valence-electron chi connectivity index (χ3n) is 5.22. The van der Waals surface area contributed by atoms with Gasteiger partial charge in [-0.05, 0) is 61.7 Å². The van der Waals surface area contributed by atoms with E-state index in [1.165, 1.54) is 12.1 Å². The maximum atomic E-state index is 13.4. The zero-order valence-electron chi connectivity index (χ0n) is 16.2. The highest BCUT2D eigenvalue weighted by atomic mass is 19.1. The van der Waals surface area contributed by atoms with E-state index < -0.39 is 0 Å². The van der Waals surface area contributed by atoms with Gasteiger partial charge in [0, 0.05) is 36.8 Å². The first-order valence-corrected chi connectivity index (χ1v) is 9.03. The Morgan fingerprint density at radius 1 is 1.19 bits per heavy atom. The molecular formula is C22H25FN2O2. The maximum Gasteiger partial charge on any atom is 0.150 e. The SMILES string of the molecule is COCCn1c(C)c(C)c2c(C=O)ccc(NCc3ccc(F)cc3C)c21. The van der Waals surface area contributed by atoms with Crippen LogP contribution >= 0.6 is 0 Å². The molecule has 2 aromatic carbocycles. The Balaban J connectivity index is 2.06. The molecular weight excluding hydrogens is 343 g/mol. The molecule has 0 unspecified atom stereocenters. The highest BCUT2D eigenvalue weighted by Gasteiger charge is 2.17. The minimum atomic E-state index is -0.228. The quantitative estimate of drug-likeness (QED) is 0.611. The van der Waals surface area contributed by atoms with Crippen molar-refractivity contribution in [3.8, 4) is 0 Å². The van der Waals surface area contributed by atoms with E-state index in [0.29, 0.717) is 25.3 Å². The molecule has 0 aliphatic rings. The van der Waals surface area contributed by atoms with Crippen molar-refractivity contribution >= 4 is 22.9 Å². The summed E-state index contributed by atoms with van der Waals surface area (Å²) in [6.07, 6.45) is 0.906. The van der Waals surface area contributed by atoms with Gasteiger partial charge < -0.3 is 14.6 Å². The largest absolute Gasteiger partial charge is 0.383 e. The number of carbonyl (C=O) groups is 1. The number of nitrogens with one attached hydrogen (secondary N) is 1. The van der Waals surface area contributed by atoms with Crippen LogP contribution in [0.2, 0.25) is 0 Å². The van der Waals surface area contributed by atoms with E-state index >= 15 is 0 Å². The van der Waals surface area contributed by atoms with Crippen molar-refractivity contribution in [1.29, 1.82) is 0 Å². The fourth-order valence-corrected chi connectivity index (χ4v) is 3.58. The van der Waals surface area contributed by atoms with Gasteiger partial charge in [0.1, 0.15) is 5.82 Å². The summed E-state index contributed by atoms with van der Waals surface area (Å²) in [4.78, 5) is 11.6. The number of hydrogen-bond donors (Lipinski definition) is 1. The van der Waals surface area contributed by atoms with Crippen molar-refractivity contribution in [3.05, 3.63) is 64.1 Å². The van der Waals surface area contributed by atoms with Crippen LogP contribution in [0.3, 0.4) is 0 Å². The number of aldehydes is 1. The molecule has 27 heavy (non-hydrogen) atoms. The van der Waals surface area contributed by atoms with Gasteiger partial charge in [-0.2, -0.15) is 0 Å². The summed E-state index contributed by atoms with van der Waals surface area (Å²) in [6.45, 7) is 7.89. The number of methoxy groups -OCH3 is 1. The van der Waals surface area contributed by atoms with Crippen LogP contribution < -0.4 is 5.32 Å². The first kappa shape index (κ1) is 19.1. The van der Waals surface area contributed by atoms with Gasteiger partial charge in [-0.25, -0.2) is 4.39 Å².